The third kappa shape index (κ3) is 32.0. The molecule has 3 aromatic heterocycles. The molecule has 0 aliphatic rings. The lowest BCUT2D eigenvalue weighted by Gasteiger charge is -2.08. The summed E-state index contributed by atoms with van der Waals surface area (Å²) in [4.78, 5) is 27.2. The molecule has 0 radical (unpaired) electrons. The zero-order chi connectivity index (χ0) is 58.0. The molecule has 3 unspecified atom stereocenters. The van der Waals surface area contributed by atoms with Gasteiger partial charge >= 0.3 is 0 Å². The maximum absolute atomic E-state index is 5.94. The molecule has 444 valence electrons. The van der Waals surface area contributed by atoms with E-state index in [4.69, 9.17) is 49.0 Å². The van der Waals surface area contributed by atoms with Gasteiger partial charge in [0.2, 0.25) is 0 Å². The highest BCUT2D eigenvalue weighted by atomic mass is 35.5. The predicted octanol–water partition coefficient (Wildman–Crippen LogP) is 20.5. The van der Waals surface area contributed by atoms with Gasteiger partial charge in [-0.1, -0.05) is 136 Å². The molecule has 6 aromatic rings. The second kappa shape index (κ2) is 43.8. The van der Waals surface area contributed by atoms with Gasteiger partial charge in [-0.3, -0.25) is 0 Å². The number of halogens is 3. The van der Waals surface area contributed by atoms with E-state index < -0.39 is 0 Å². The molecule has 0 aliphatic carbocycles. The zero-order valence-corrected chi connectivity index (χ0v) is 52.6. The number of ether oxygens (including phenoxy) is 3. The van der Waals surface area contributed by atoms with Crippen LogP contribution in [0.4, 0.5) is 0 Å². The quantitative estimate of drug-likeness (QED) is 0.0276. The lowest BCUT2D eigenvalue weighted by molar-refractivity contribution is 0.310. The molecule has 12 heteroatoms. The Morgan fingerprint density at radius 3 is 0.728 bits per heavy atom. The van der Waals surface area contributed by atoms with E-state index >= 15 is 0 Å². The summed E-state index contributed by atoms with van der Waals surface area (Å²) in [7, 11) is 0. The second-order valence-electron chi connectivity index (χ2n) is 21.7. The molecule has 0 aliphatic heterocycles. The Hall–Kier alpha value is -4.83. The fourth-order valence-electron chi connectivity index (χ4n) is 8.88. The van der Waals surface area contributed by atoms with Crippen LogP contribution in [-0.4, -0.2) is 65.9 Å². The number of benzene rings is 3. The van der Waals surface area contributed by atoms with Crippen LogP contribution in [0, 0.1) is 0 Å². The lowest BCUT2D eigenvalue weighted by atomic mass is 10.1. The number of nitrogens with zero attached hydrogens (tertiary/aromatic N) is 6. The third-order valence-corrected chi connectivity index (χ3v) is 14.7. The zero-order valence-electron chi connectivity index (χ0n) is 50.4. The summed E-state index contributed by atoms with van der Waals surface area (Å²) >= 11 is 17.8. The van der Waals surface area contributed by atoms with Crippen LogP contribution in [0.3, 0.4) is 0 Å². The van der Waals surface area contributed by atoms with E-state index in [9.17, 15) is 0 Å². The first-order chi connectivity index (χ1) is 39.6. The molecular weight excluding hydrogens is 1070 g/mol. The highest BCUT2D eigenvalue weighted by molar-refractivity contribution is 6.20. The molecule has 3 atom stereocenters. The molecule has 0 amide bonds. The van der Waals surface area contributed by atoms with Crippen molar-refractivity contribution in [2.45, 2.75) is 231 Å². The smallest absolute Gasteiger partial charge is 0.159 e. The fraction of sp³-hybridized carbons (Fsp3) is 0.565. The molecule has 3 heterocycles. The first-order valence-corrected chi connectivity index (χ1v) is 32.4. The van der Waals surface area contributed by atoms with Gasteiger partial charge in [0.15, 0.2) is 17.5 Å². The number of hydrogen-bond donors (Lipinski definition) is 0. The van der Waals surface area contributed by atoms with Gasteiger partial charge in [0, 0.05) is 70.0 Å². The summed E-state index contributed by atoms with van der Waals surface area (Å²) in [5, 5.41) is 0.409. The fourth-order valence-corrected chi connectivity index (χ4v) is 9.14. The summed E-state index contributed by atoms with van der Waals surface area (Å²) in [6, 6.07) is 23.8. The van der Waals surface area contributed by atoms with E-state index in [1.807, 2.05) is 131 Å². The van der Waals surface area contributed by atoms with Gasteiger partial charge in [0.25, 0.3) is 0 Å². The number of unbranched alkanes of at least 4 members (excludes halogenated alkanes) is 18. The maximum Gasteiger partial charge on any atom is 0.159 e. The van der Waals surface area contributed by atoms with Gasteiger partial charge in [0.05, 0.1) is 19.8 Å². The van der Waals surface area contributed by atoms with Crippen LogP contribution in [0.1, 0.15) is 212 Å². The SMILES string of the molecule is CCCCCCCCCCc1cnc(-c2ccc(OCCC(C)Cl)cc2)nc1.CCCCCCCCCc1cnc(-c2ccc(OCCC(C)Cl)cc2)nc1.CCCCCCCCc1cnc(-c2ccc(OCCC(C)Cl)cc2)nc1. The Bertz CT molecular complexity index is 2420. The number of hydrogen-bond acceptors (Lipinski definition) is 9. The number of alkyl halides is 3. The van der Waals surface area contributed by atoms with Gasteiger partial charge in [-0.05, 0) is 168 Å². The van der Waals surface area contributed by atoms with Crippen LogP contribution in [-0.2, 0) is 19.3 Å². The average Bonchev–Trinajstić information content (AvgIpc) is 3.48. The normalized spacial score (nSPS) is 12.1. The number of aryl methyl sites for hydroxylation is 3. The van der Waals surface area contributed by atoms with Crippen LogP contribution >= 0.6 is 34.8 Å². The monoisotopic (exact) mass is 1160 g/mol. The van der Waals surface area contributed by atoms with Crippen molar-refractivity contribution in [3.8, 4) is 51.4 Å². The molecule has 0 spiro atoms. The topological polar surface area (TPSA) is 105 Å². The summed E-state index contributed by atoms with van der Waals surface area (Å²) in [6.45, 7) is 14.6. The largest absolute Gasteiger partial charge is 0.494 e. The Kier molecular flexibility index (Phi) is 37.1. The summed E-state index contributed by atoms with van der Waals surface area (Å²) in [5.74, 6) is 4.85. The van der Waals surface area contributed by atoms with Crippen LogP contribution in [0.2, 0.25) is 0 Å². The van der Waals surface area contributed by atoms with Crippen LogP contribution in [0.5, 0.6) is 17.2 Å². The molecule has 0 bridgehead atoms. The second-order valence-corrected chi connectivity index (χ2v) is 23.9. The molecule has 6 rings (SSSR count). The van der Waals surface area contributed by atoms with E-state index in [0.717, 1.165) is 89.9 Å². The van der Waals surface area contributed by atoms with Crippen LogP contribution in [0.15, 0.2) is 110 Å². The van der Waals surface area contributed by atoms with E-state index in [1.165, 1.54) is 152 Å². The Balaban J connectivity index is 0.000000262. The molecule has 0 fully saturated rings. The minimum absolute atomic E-state index is 0.136. The predicted molar refractivity (Wildman–Crippen MR) is 344 cm³/mol. The molecule has 81 heavy (non-hydrogen) atoms. The molecule has 0 saturated heterocycles. The molecule has 3 aromatic carbocycles. The van der Waals surface area contributed by atoms with Crippen molar-refractivity contribution in [1.29, 1.82) is 0 Å². The third-order valence-electron chi connectivity index (χ3n) is 14.0. The van der Waals surface area contributed by atoms with Crippen molar-refractivity contribution in [2.75, 3.05) is 19.8 Å². The standard InChI is InChI=1S/C24H35ClN2O.C23H33ClN2O.C22H31ClN2O/c1-3-4-5-6-7-8-9-10-11-21-18-26-24(27-19-21)22-12-14-23(15-13-22)28-17-16-20(2)25;1-3-4-5-6-7-8-9-10-20-17-25-23(26-18-20)21-11-13-22(14-12-21)27-16-15-19(2)24;1-3-4-5-6-7-8-9-19-16-24-22(25-17-19)20-10-12-21(13-11-20)26-15-14-18(2)23/h12-15,18-20H,3-11,16-17H2,1-2H3;11-14,17-19H,3-10,15-16H2,1-2H3;10-13,16-18H,3-9,14-15H2,1-2H3. The minimum atomic E-state index is 0.136. The van der Waals surface area contributed by atoms with Crippen LogP contribution < -0.4 is 14.2 Å². The van der Waals surface area contributed by atoms with Gasteiger partial charge in [-0.2, -0.15) is 0 Å². The summed E-state index contributed by atoms with van der Waals surface area (Å²) in [5.41, 5.74) is 6.70. The molecule has 0 N–H and O–H groups in total. The van der Waals surface area contributed by atoms with Gasteiger partial charge < -0.3 is 14.2 Å². The highest BCUT2D eigenvalue weighted by Crippen LogP contribution is 2.24. The lowest BCUT2D eigenvalue weighted by Crippen LogP contribution is -2.03. The van der Waals surface area contributed by atoms with Crippen molar-refractivity contribution in [2.24, 2.45) is 0 Å². The molecule has 9 nitrogen and oxygen atoms in total. The summed E-state index contributed by atoms with van der Waals surface area (Å²) in [6.07, 6.45) is 45.4. The van der Waals surface area contributed by atoms with E-state index in [-0.39, 0.29) is 16.1 Å². The van der Waals surface area contributed by atoms with Gasteiger partial charge in [0.1, 0.15) is 17.2 Å². The van der Waals surface area contributed by atoms with Crippen molar-refractivity contribution in [3.63, 3.8) is 0 Å². The van der Waals surface area contributed by atoms with Gasteiger partial charge in [-0.25, -0.2) is 29.9 Å². The summed E-state index contributed by atoms with van der Waals surface area (Å²) < 4.78 is 17.1. The minimum Gasteiger partial charge on any atom is -0.494 e. The Morgan fingerprint density at radius 2 is 0.519 bits per heavy atom. The van der Waals surface area contributed by atoms with Crippen molar-refractivity contribution in [1.82, 2.24) is 29.9 Å². The number of aromatic nitrogens is 6. The Morgan fingerprint density at radius 1 is 0.309 bits per heavy atom. The van der Waals surface area contributed by atoms with Crippen molar-refractivity contribution >= 4 is 34.8 Å². The van der Waals surface area contributed by atoms with Crippen molar-refractivity contribution < 1.29 is 14.2 Å². The van der Waals surface area contributed by atoms with Crippen molar-refractivity contribution in [3.05, 3.63) is 127 Å². The average molecular weight is 1170 g/mol. The van der Waals surface area contributed by atoms with E-state index in [2.05, 4.69) is 50.7 Å². The molecule has 0 saturated carbocycles. The van der Waals surface area contributed by atoms with E-state index in [0.29, 0.717) is 19.8 Å². The first kappa shape index (κ1) is 68.7. The first-order valence-electron chi connectivity index (χ1n) is 31.1. The number of rotatable bonds is 39. The molecular formula is C69H99Cl3N6O3. The highest BCUT2D eigenvalue weighted by Gasteiger charge is 2.08. The van der Waals surface area contributed by atoms with Crippen LogP contribution in [0.25, 0.3) is 34.2 Å². The maximum atomic E-state index is 5.94. The van der Waals surface area contributed by atoms with Gasteiger partial charge in [-0.15, -0.1) is 34.8 Å². The Labute approximate surface area is 505 Å². The van der Waals surface area contributed by atoms with E-state index in [1.54, 1.807) is 0 Å².